The molecule has 2 aliphatic rings. The third kappa shape index (κ3) is 6.40. The average molecular weight is 608 g/mol. The second kappa shape index (κ2) is 13.3. The van der Waals surface area contributed by atoms with Crippen LogP contribution in [0.2, 0.25) is 0 Å². The molecule has 0 spiro atoms. The highest BCUT2D eigenvalue weighted by atomic mass is 31.2. The van der Waals surface area contributed by atoms with Gasteiger partial charge in [0.1, 0.15) is 0 Å². The molecule has 4 aromatic carbocycles. The minimum Gasteiger partial charge on any atom is -0.246 e. The number of aryl methyl sites for hydroxylation is 4. The molecule has 0 radical (unpaired) electrons. The zero-order chi connectivity index (χ0) is 30.1. The fourth-order valence-corrected chi connectivity index (χ4v) is 15.0. The van der Waals surface area contributed by atoms with Gasteiger partial charge in [0.25, 0.3) is 0 Å². The minimum absolute atomic E-state index is 0.337. The second-order valence-corrected chi connectivity index (χ2v) is 17.3. The van der Waals surface area contributed by atoms with Gasteiger partial charge in [-0.1, -0.05) is 101 Å². The van der Waals surface area contributed by atoms with Gasteiger partial charge in [-0.2, -0.15) is 0 Å². The first-order valence-electron chi connectivity index (χ1n) is 16.0. The van der Waals surface area contributed by atoms with Crippen LogP contribution in [0.25, 0.3) is 0 Å². The zero-order valence-electron chi connectivity index (χ0n) is 26.7. The molecular weight excluding hydrogens is 560 g/mol. The lowest BCUT2D eigenvalue weighted by molar-refractivity contribution is -0.0191. The van der Waals surface area contributed by atoms with Crippen molar-refractivity contribution < 1.29 is 0 Å². The summed E-state index contributed by atoms with van der Waals surface area (Å²) < 4.78 is 3.02. The Bertz CT molecular complexity index is 1380. The van der Waals surface area contributed by atoms with Crippen LogP contribution in [0.5, 0.6) is 0 Å². The lowest BCUT2D eigenvalue weighted by atomic mass is 10.2. The number of hydrogen-bond donors (Lipinski definition) is 0. The van der Waals surface area contributed by atoms with Crippen LogP contribution >= 0.6 is 16.1 Å². The molecule has 0 amide bonds. The summed E-state index contributed by atoms with van der Waals surface area (Å²) in [5.74, 6) is 0.674. The number of hydrazine groups is 1. The summed E-state index contributed by atoms with van der Waals surface area (Å²) in [5, 5.41) is 8.56. The molecule has 2 heterocycles. The first kappa shape index (κ1) is 30.6. The summed E-state index contributed by atoms with van der Waals surface area (Å²) in [5.41, 5.74) is 8.33. The average Bonchev–Trinajstić information content (AvgIpc) is 3.09. The number of hydrogen-bond acceptors (Lipinski definition) is 3. The summed E-state index contributed by atoms with van der Waals surface area (Å²) in [6, 6.07) is 37.9. The molecular formula is C38H47N3P2. The second-order valence-electron chi connectivity index (χ2n) is 12.8. The molecule has 0 aliphatic carbocycles. The van der Waals surface area contributed by atoms with Crippen molar-refractivity contribution in [2.45, 2.75) is 78.4 Å². The molecule has 2 saturated heterocycles. The van der Waals surface area contributed by atoms with Crippen molar-refractivity contribution in [3.8, 4) is 0 Å². The van der Waals surface area contributed by atoms with Gasteiger partial charge in [-0.25, -0.2) is 14.5 Å². The molecule has 0 saturated carbocycles. The van der Waals surface area contributed by atoms with Crippen molar-refractivity contribution in [3.05, 3.63) is 130 Å². The Labute approximate surface area is 262 Å². The van der Waals surface area contributed by atoms with Crippen molar-refractivity contribution >= 4 is 26.8 Å². The van der Waals surface area contributed by atoms with Crippen LogP contribution in [0.15, 0.2) is 97.1 Å². The Hall–Kier alpha value is -2.38. The van der Waals surface area contributed by atoms with Gasteiger partial charge >= 0.3 is 0 Å². The highest BCUT2D eigenvalue weighted by Crippen LogP contribution is 2.76. The first-order valence-corrected chi connectivity index (χ1v) is 18.7. The van der Waals surface area contributed by atoms with E-state index >= 15 is 0 Å². The van der Waals surface area contributed by atoms with Crippen molar-refractivity contribution in [3.63, 3.8) is 0 Å². The predicted molar refractivity (Wildman–Crippen MR) is 188 cm³/mol. The Morgan fingerprint density at radius 1 is 0.605 bits per heavy atom. The van der Waals surface area contributed by atoms with Gasteiger partial charge in [0.05, 0.1) is 11.6 Å². The molecule has 2 atom stereocenters. The maximum absolute atomic E-state index is 3.02. The van der Waals surface area contributed by atoms with Crippen LogP contribution in [0.1, 0.15) is 78.1 Å². The summed E-state index contributed by atoms with van der Waals surface area (Å²) >= 11 is 0. The highest BCUT2D eigenvalue weighted by molar-refractivity contribution is 7.79. The van der Waals surface area contributed by atoms with Crippen LogP contribution < -0.4 is 10.6 Å². The number of benzene rings is 4. The molecule has 43 heavy (non-hydrogen) atoms. The molecule has 2 aliphatic heterocycles. The van der Waals surface area contributed by atoms with Crippen molar-refractivity contribution in [1.29, 1.82) is 0 Å². The molecule has 224 valence electrons. The van der Waals surface area contributed by atoms with Crippen LogP contribution in [0.3, 0.4) is 0 Å². The number of fused-ring (bicyclic) bond motifs is 1. The van der Waals surface area contributed by atoms with E-state index in [0.29, 0.717) is 17.6 Å². The molecule has 4 aromatic rings. The molecule has 2 fully saturated rings. The zero-order valence-corrected chi connectivity index (χ0v) is 28.5. The Morgan fingerprint density at radius 2 is 1.00 bits per heavy atom. The van der Waals surface area contributed by atoms with E-state index in [2.05, 4.69) is 153 Å². The van der Waals surface area contributed by atoms with Crippen molar-refractivity contribution in [2.24, 2.45) is 0 Å². The van der Waals surface area contributed by atoms with Gasteiger partial charge in [0.15, 0.2) is 0 Å². The molecule has 0 unspecified atom stereocenters. The maximum Gasteiger partial charge on any atom is 0.0847 e. The van der Waals surface area contributed by atoms with Crippen LogP contribution in [0.4, 0.5) is 0 Å². The summed E-state index contributed by atoms with van der Waals surface area (Å²) in [6.07, 6.45) is 3.82. The van der Waals surface area contributed by atoms with Crippen LogP contribution in [-0.4, -0.2) is 33.6 Å². The van der Waals surface area contributed by atoms with Gasteiger partial charge in [-0.05, 0) is 100 Å². The van der Waals surface area contributed by atoms with Gasteiger partial charge in [0.2, 0.25) is 0 Å². The lowest BCUT2D eigenvalue weighted by Gasteiger charge is -2.44. The molecule has 5 heteroatoms. The summed E-state index contributed by atoms with van der Waals surface area (Å²) in [7, 11) is -1.49. The third-order valence-corrected chi connectivity index (χ3v) is 15.3. The largest absolute Gasteiger partial charge is 0.246 e. The smallest absolute Gasteiger partial charge is 0.0847 e. The fraction of sp³-hybridized carbons (Fsp3) is 0.368. The van der Waals surface area contributed by atoms with E-state index in [9.17, 15) is 0 Å². The van der Waals surface area contributed by atoms with E-state index in [0.717, 1.165) is 13.1 Å². The van der Waals surface area contributed by atoms with Crippen molar-refractivity contribution in [2.75, 3.05) is 13.1 Å². The summed E-state index contributed by atoms with van der Waals surface area (Å²) in [6.45, 7) is 16.2. The van der Waals surface area contributed by atoms with E-state index in [4.69, 9.17) is 0 Å². The third-order valence-electron chi connectivity index (χ3n) is 8.67. The summed E-state index contributed by atoms with van der Waals surface area (Å²) in [4.78, 5) is 0. The molecule has 0 bridgehead atoms. The van der Waals surface area contributed by atoms with E-state index in [-0.39, 0.29) is 0 Å². The Morgan fingerprint density at radius 3 is 1.37 bits per heavy atom. The van der Waals surface area contributed by atoms with Gasteiger partial charge in [-0.3, -0.25) is 0 Å². The van der Waals surface area contributed by atoms with E-state index in [1.165, 1.54) is 63.3 Å². The van der Waals surface area contributed by atoms with E-state index in [1.807, 2.05) is 0 Å². The highest BCUT2D eigenvalue weighted by Gasteiger charge is 2.53. The predicted octanol–water partition coefficient (Wildman–Crippen LogP) is 9.49. The minimum atomic E-state index is -0.789. The molecule has 0 aromatic heterocycles. The number of nitrogens with zero attached hydrogens (tertiary/aromatic N) is 3. The molecule has 3 nitrogen and oxygen atoms in total. The van der Waals surface area contributed by atoms with Gasteiger partial charge in [-0.15, -0.1) is 0 Å². The Balaban J connectivity index is 1.63. The maximum atomic E-state index is 3.02. The fourth-order valence-electron chi connectivity index (χ4n) is 7.17. The van der Waals surface area contributed by atoms with E-state index < -0.39 is 16.1 Å². The van der Waals surface area contributed by atoms with Crippen molar-refractivity contribution in [1.82, 2.24) is 14.5 Å². The molecule has 6 rings (SSSR count). The normalized spacial score (nSPS) is 20.2. The lowest BCUT2D eigenvalue weighted by Crippen LogP contribution is -2.38. The van der Waals surface area contributed by atoms with Gasteiger partial charge in [0, 0.05) is 35.3 Å². The molecule has 0 N–H and O–H groups in total. The SMILES string of the molecule is Cc1cc(C)cc(P(c2cc(C)cc(C)c2)N(C(C)C)P2[C@H](c3ccccc3)N3CCCCCN3[C@H]2c2ccccc2)c1. The Kier molecular flexibility index (Phi) is 9.49. The van der Waals surface area contributed by atoms with E-state index in [1.54, 1.807) is 0 Å². The quantitative estimate of drug-likeness (QED) is 0.194. The van der Waals surface area contributed by atoms with Crippen LogP contribution in [0, 0.1) is 27.7 Å². The van der Waals surface area contributed by atoms with Crippen LogP contribution in [-0.2, 0) is 0 Å². The topological polar surface area (TPSA) is 9.72 Å². The monoisotopic (exact) mass is 607 g/mol. The van der Waals surface area contributed by atoms with Gasteiger partial charge < -0.3 is 0 Å². The number of rotatable bonds is 7. The standard InChI is InChI=1S/C38H47N3P2/c1-28(2)41(42(35-24-29(3)22-30(4)25-35)36-26-31(5)23-32(6)27-36)43-37(33-16-10-7-11-17-33)39-20-14-9-15-21-40(39)38(43)34-18-12-8-13-19-34/h7-8,10-13,16-19,22-28,37-38H,9,14-15,20-21H2,1-6H3/t37-,38-/m1/s1. The first-order chi connectivity index (χ1) is 20.8.